The van der Waals surface area contributed by atoms with Crippen LogP contribution in [0.25, 0.3) is 10.8 Å². The lowest BCUT2D eigenvalue weighted by atomic mass is 9.97. The van der Waals surface area contributed by atoms with Crippen molar-refractivity contribution < 1.29 is 19.1 Å². The fraction of sp³-hybridized carbons (Fsp3) is 0.400. The van der Waals surface area contributed by atoms with Crippen LogP contribution >= 0.6 is 22.6 Å². The molecule has 0 aliphatic heterocycles. The average Bonchev–Trinajstić information content (AvgIpc) is 2.46. The smallest absolute Gasteiger partial charge is 0.316 e. The molecule has 2 rings (SSSR count). The molecule has 0 amide bonds. The number of carbonyl (C=O) groups is 2. The second kappa shape index (κ2) is 6.94. The monoisotopic (exact) mass is 454 g/mol. The molecule has 25 heavy (non-hydrogen) atoms. The predicted molar refractivity (Wildman–Crippen MR) is 107 cm³/mol. The summed E-state index contributed by atoms with van der Waals surface area (Å²) in [5.41, 5.74) is -1.25. The first-order chi connectivity index (χ1) is 11.4. The Labute approximate surface area is 162 Å². The molecule has 0 saturated heterocycles. The molecule has 2 aromatic rings. The minimum absolute atomic E-state index is 0.341. The van der Waals surface area contributed by atoms with Crippen LogP contribution in [0.15, 0.2) is 30.3 Å². The summed E-state index contributed by atoms with van der Waals surface area (Å²) in [5.74, 6) is 0.0791. The molecule has 0 unspecified atom stereocenters. The van der Waals surface area contributed by atoms with E-state index in [4.69, 9.17) is 9.47 Å². The topological polar surface area (TPSA) is 52.6 Å². The number of esters is 2. The minimum atomic E-state index is -0.633. The highest BCUT2D eigenvalue weighted by molar-refractivity contribution is 14.1. The molecule has 0 atom stereocenters. The number of hydrogen-bond acceptors (Lipinski definition) is 4. The largest absolute Gasteiger partial charge is 0.426 e. The number of halogens is 1. The Bertz CT molecular complexity index is 826. The Morgan fingerprint density at radius 1 is 0.840 bits per heavy atom. The summed E-state index contributed by atoms with van der Waals surface area (Å²) < 4.78 is 12.1. The third-order valence-corrected chi connectivity index (χ3v) is 4.16. The van der Waals surface area contributed by atoms with Crippen LogP contribution in [0.5, 0.6) is 11.5 Å². The molecule has 0 N–H and O–H groups in total. The van der Waals surface area contributed by atoms with Gasteiger partial charge < -0.3 is 9.47 Å². The van der Waals surface area contributed by atoms with E-state index in [9.17, 15) is 9.59 Å². The van der Waals surface area contributed by atoms with Crippen LogP contribution in [-0.4, -0.2) is 11.9 Å². The zero-order chi connectivity index (χ0) is 19.0. The van der Waals surface area contributed by atoms with Gasteiger partial charge in [0, 0.05) is 15.0 Å². The first kappa shape index (κ1) is 19.7. The highest BCUT2D eigenvalue weighted by Crippen LogP contribution is 2.34. The van der Waals surface area contributed by atoms with E-state index in [-0.39, 0.29) is 11.9 Å². The first-order valence-electron chi connectivity index (χ1n) is 8.06. The van der Waals surface area contributed by atoms with Crippen LogP contribution < -0.4 is 9.47 Å². The molecule has 5 heteroatoms. The number of ether oxygens (including phenoxy) is 2. The van der Waals surface area contributed by atoms with Crippen molar-refractivity contribution in [2.75, 3.05) is 0 Å². The van der Waals surface area contributed by atoms with E-state index < -0.39 is 10.8 Å². The van der Waals surface area contributed by atoms with Crippen molar-refractivity contribution in [2.24, 2.45) is 10.8 Å². The van der Waals surface area contributed by atoms with Crippen LogP contribution in [0.4, 0.5) is 0 Å². The van der Waals surface area contributed by atoms with Gasteiger partial charge in [-0.05, 0) is 87.7 Å². The van der Waals surface area contributed by atoms with Gasteiger partial charge in [0.25, 0.3) is 0 Å². The molecule has 0 aliphatic rings. The highest BCUT2D eigenvalue weighted by atomic mass is 127. The van der Waals surface area contributed by atoms with E-state index in [1.165, 1.54) is 0 Å². The number of hydrogen-bond donors (Lipinski definition) is 0. The van der Waals surface area contributed by atoms with Crippen LogP contribution in [0.3, 0.4) is 0 Å². The SMILES string of the molecule is CC(C)(C)C(=O)Oc1cc(OC(=O)C(C)(C)C)c2cc(I)ccc2c1. The lowest BCUT2D eigenvalue weighted by Crippen LogP contribution is -2.26. The van der Waals surface area contributed by atoms with E-state index in [1.54, 1.807) is 53.7 Å². The van der Waals surface area contributed by atoms with Crippen LogP contribution in [0.1, 0.15) is 41.5 Å². The van der Waals surface area contributed by atoms with Crippen molar-refractivity contribution in [3.05, 3.63) is 33.9 Å². The first-order valence-corrected chi connectivity index (χ1v) is 9.14. The third kappa shape index (κ3) is 4.93. The zero-order valence-corrected chi connectivity index (χ0v) is 17.6. The van der Waals surface area contributed by atoms with Gasteiger partial charge in [-0.1, -0.05) is 6.07 Å². The Hall–Kier alpha value is -1.63. The molecule has 0 aliphatic carbocycles. The normalized spacial score (nSPS) is 12.1. The van der Waals surface area contributed by atoms with Gasteiger partial charge in [0.1, 0.15) is 11.5 Å². The Morgan fingerprint density at radius 2 is 1.40 bits per heavy atom. The Balaban J connectivity index is 2.51. The average molecular weight is 454 g/mol. The van der Waals surface area contributed by atoms with Crippen molar-refractivity contribution in [1.82, 2.24) is 0 Å². The van der Waals surface area contributed by atoms with Gasteiger partial charge in [-0.2, -0.15) is 0 Å². The van der Waals surface area contributed by atoms with E-state index in [2.05, 4.69) is 22.6 Å². The molecule has 0 heterocycles. The standard InChI is InChI=1S/C20H23IO4/c1-19(2,3)17(22)24-14-9-12-7-8-13(21)10-15(12)16(11-14)25-18(23)20(4,5)6/h7-11H,1-6H3. The lowest BCUT2D eigenvalue weighted by molar-refractivity contribution is -0.143. The van der Waals surface area contributed by atoms with Gasteiger partial charge in [0.05, 0.1) is 10.8 Å². The third-order valence-electron chi connectivity index (χ3n) is 3.49. The summed E-state index contributed by atoms with van der Waals surface area (Å²) in [6.07, 6.45) is 0. The molecular weight excluding hydrogens is 431 g/mol. The molecule has 134 valence electrons. The maximum Gasteiger partial charge on any atom is 0.316 e. The molecule has 0 fully saturated rings. The molecule has 2 aromatic carbocycles. The Kier molecular flexibility index (Phi) is 5.47. The van der Waals surface area contributed by atoms with Gasteiger partial charge in [0.15, 0.2) is 0 Å². The van der Waals surface area contributed by atoms with Crippen LogP contribution in [-0.2, 0) is 9.59 Å². The van der Waals surface area contributed by atoms with E-state index in [1.807, 2.05) is 18.2 Å². The summed E-state index contributed by atoms with van der Waals surface area (Å²) in [7, 11) is 0. The van der Waals surface area contributed by atoms with Crippen molar-refractivity contribution in [1.29, 1.82) is 0 Å². The van der Waals surface area contributed by atoms with Crippen LogP contribution in [0.2, 0.25) is 0 Å². The second-order valence-electron chi connectivity index (χ2n) is 8.07. The van der Waals surface area contributed by atoms with E-state index in [0.717, 1.165) is 14.3 Å². The van der Waals surface area contributed by atoms with Crippen molar-refractivity contribution >= 4 is 45.3 Å². The predicted octanol–water partition coefficient (Wildman–Crippen LogP) is 5.35. The van der Waals surface area contributed by atoms with E-state index >= 15 is 0 Å². The second-order valence-corrected chi connectivity index (χ2v) is 9.31. The molecule has 0 saturated carbocycles. The summed E-state index contributed by atoms with van der Waals surface area (Å²) in [4.78, 5) is 24.5. The van der Waals surface area contributed by atoms with Gasteiger partial charge in [-0.3, -0.25) is 9.59 Å². The highest BCUT2D eigenvalue weighted by Gasteiger charge is 2.26. The number of carbonyl (C=O) groups excluding carboxylic acids is 2. The Morgan fingerprint density at radius 3 is 1.96 bits per heavy atom. The summed E-state index contributed by atoms with van der Waals surface area (Å²) >= 11 is 2.21. The molecule has 0 radical (unpaired) electrons. The van der Waals surface area contributed by atoms with Gasteiger partial charge >= 0.3 is 11.9 Å². The van der Waals surface area contributed by atoms with E-state index in [0.29, 0.717) is 11.5 Å². The van der Waals surface area contributed by atoms with Gasteiger partial charge in [0.2, 0.25) is 0 Å². The van der Waals surface area contributed by atoms with Gasteiger partial charge in [-0.15, -0.1) is 0 Å². The van der Waals surface area contributed by atoms with Crippen molar-refractivity contribution in [3.8, 4) is 11.5 Å². The molecule has 0 bridgehead atoms. The zero-order valence-electron chi connectivity index (χ0n) is 15.4. The molecular formula is C20H23IO4. The minimum Gasteiger partial charge on any atom is -0.426 e. The summed E-state index contributed by atoms with van der Waals surface area (Å²) in [5, 5.41) is 1.65. The van der Waals surface area contributed by atoms with Crippen molar-refractivity contribution in [2.45, 2.75) is 41.5 Å². The maximum atomic E-state index is 12.3. The molecule has 0 spiro atoms. The summed E-state index contributed by atoms with van der Waals surface area (Å²) in [6.45, 7) is 10.8. The van der Waals surface area contributed by atoms with Gasteiger partial charge in [-0.25, -0.2) is 0 Å². The van der Waals surface area contributed by atoms with Crippen molar-refractivity contribution in [3.63, 3.8) is 0 Å². The number of rotatable bonds is 2. The fourth-order valence-electron chi connectivity index (χ4n) is 1.93. The molecule has 0 aromatic heterocycles. The fourth-order valence-corrected chi connectivity index (χ4v) is 2.42. The molecule has 4 nitrogen and oxygen atoms in total. The van der Waals surface area contributed by atoms with Crippen LogP contribution in [0, 0.1) is 14.4 Å². The quantitative estimate of drug-likeness (QED) is 0.349. The number of fused-ring (bicyclic) bond motifs is 1. The lowest BCUT2D eigenvalue weighted by Gasteiger charge is -2.19. The summed E-state index contributed by atoms with van der Waals surface area (Å²) in [6, 6.07) is 9.19. The maximum absolute atomic E-state index is 12.3. The number of benzene rings is 2.